The fraction of sp³-hybridized carbons (Fsp3) is 0.278. The summed E-state index contributed by atoms with van der Waals surface area (Å²) in [6.45, 7) is 2.53. The first-order valence-electron chi connectivity index (χ1n) is 7.14. The minimum absolute atomic E-state index is 0.234. The molecule has 1 atom stereocenters. The second kappa shape index (κ2) is 7.47. The molecule has 0 aliphatic carbocycles. The van der Waals surface area contributed by atoms with Crippen LogP contribution in [-0.4, -0.2) is 6.04 Å². The maximum atomic E-state index is 8.75. The largest absolute Gasteiger partial charge is 0.489 e. The smallest absolute Gasteiger partial charge is 0.119 e. The molecule has 21 heavy (non-hydrogen) atoms. The van der Waals surface area contributed by atoms with E-state index >= 15 is 0 Å². The first-order valence-corrected chi connectivity index (χ1v) is 7.14. The van der Waals surface area contributed by atoms with Gasteiger partial charge in [-0.1, -0.05) is 24.3 Å². The molecular formula is C18H20N2O. The Morgan fingerprint density at radius 1 is 1.05 bits per heavy atom. The summed E-state index contributed by atoms with van der Waals surface area (Å²) in [5.41, 5.74) is 8.75. The lowest BCUT2D eigenvalue weighted by atomic mass is 10.1. The van der Waals surface area contributed by atoms with Crippen molar-refractivity contribution >= 4 is 0 Å². The Kier molecular flexibility index (Phi) is 5.36. The highest BCUT2D eigenvalue weighted by Crippen LogP contribution is 2.15. The predicted octanol–water partition coefficient (Wildman–Crippen LogP) is 3.42. The second-order valence-electron chi connectivity index (χ2n) is 5.26. The summed E-state index contributed by atoms with van der Waals surface area (Å²) in [4.78, 5) is 0. The number of benzene rings is 2. The molecule has 2 aromatic carbocycles. The lowest BCUT2D eigenvalue weighted by Crippen LogP contribution is -2.15. The molecule has 0 fully saturated rings. The third-order valence-electron chi connectivity index (χ3n) is 3.30. The van der Waals surface area contributed by atoms with Crippen LogP contribution >= 0.6 is 0 Å². The molecule has 0 aliphatic rings. The molecule has 0 heterocycles. The van der Waals surface area contributed by atoms with Crippen LogP contribution in [0.1, 0.15) is 30.0 Å². The van der Waals surface area contributed by atoms with E-state index < -0.39 is 0 Å². The molecule has 0 saturated heterocycles. The highest BCUT2D eigenvalue weighted by atomic mass is 16.5. The van der Waals surface area contributed by atoms with Crippen molar-refractivity contribution in [1.82, 2.24) is 0 Å². The third-order valence-corrected chi connectivity index (χ3v) is 3.30. The van der Waals surface area contributed by atoms with Crippen LogP contribution in [0.15, 0.2) is 48.5 Å². The predicted molar refractivity (Wildman–Crippen MR) is 83.9 cm³/mol. The van der Waals surface area contributed by atoms with Gasteiger partial charge in [0.15, 0.2) is 0 Å². The quantitative estimate of drug-likeness (QED) is 0.882. The molecular weight excluding hydrogens is 260 g/mol. The molecule has 0 amide bonds. The second-order valence-corrected chi connectivity index (χ2v) is 5.26. The van der Waals surface area contributed by atoms with Crippen molar-refractivity contribution in [2.24, 2.45) is 5.73 Å². The topological polar surface area (TPSA) is 59.0 Å². The summed E-state index contributed by atoms with van der Waals surface area (Å²) < 4.78 is 5.74. The van der Waals surface area contributed by atoms with Gasteiger partial charge in [-0.25, -0.2) is 0 Å². The lowest BCUT2D eigenvalue weighted by molar-refractivity contribution is 0.306. The van der Waals surface area contributed by atoms with E-state index in [-0.39, 0.29) is 6.04 Å². The maximum absolute atomic E-state index is 8.75. The van der Waals surface area contributed by atoms with Gasteiger partial charge in [0.2, 0.25) is 0 Å². The minimum atomic E-state index is 0.234. The molecule has 2 rings (SSSR count). The molecule has 0 aliphatic heterocycles. The number of hydrogen-bond donors (Lipinski definition) is 1. The standard InChI is InChI=1S/C18H20N2O/c1-14(20)2-3-15-8-10-18(11-9-15)21-13-17-6-4-16(12-19)5-7-17/h4-11,14H,2-3,13,20H2,1H3. The van der Waals surface area contributed by atoms with Gasteiger partial charge < -0.3 is 10.5 Å². The summed E-state index contributed by atoms with van der Waals surface area (Å²) in [5, 5.41) is 8.75. The number of nitriles is 1. The summed E-state index contributed by atoms with van der Waals surface area (Å²) in [5.74, 6) is 0.851. The van der Waals surface area contributed by atoms with Crippen molar-refractivity contribution in [2.45, 2.75) is 32.4 Å². The zero-order valence-corrected chi connectivity index (χ0v) is 12.3. The van der Waals surface area contributed by atoms with Gasteiger partial charge in [0.05, 0.1) is 11.6 Å². The number of hydrogen-bond acceptors (Lipinski definition) is 3. The first kappa shape index (κ1) is 15.1. The average molecular weight is 280 g/mol. The van der Waals surface area contributed by atoms with Gasteiger partial charge in [-0.15, -0.1) is 0 Å². The van der Waals surface area contributed by atoms with Gasteiger partial charge >= 0.3 is 0 Å². The van der Waals surface area contributed by atoms with Crippen LogP contribution in [0.4, 0.5) is 0 Å². The van der Waals surface area contributed by atoms with E-state index in [1.807, 2.05) is 31.2 Å². The van der Waals surface area contributed by atoms with Crippen LogP contribution in [0, 0.1) is 11.3 Å². The monoisotopic (exact) mass is 280 g/mol. The van der Waals surface area contributed by atoms with E-state index in [9.17, 15) is 0 Å². The average Bonchev–Trinajstić information content (AvgIpc) is 2.52. The van der Waals surface area contributed by atoms with Crippen LogP contribution in [0.25, 0.3) is 0 Å². The Labute approximate surface area is 126 Å². The fourth-order valence-corrected chi connectivity index (χ4v) is 1.99. The van der Waals surface area contributed by atoms with E-state index in [1.165, 1.54) is 5.56 Å². The number of aryl methyl sites for hydroxylation is 1. The van der Waals surface area contributed by atoms with Gasteiger partial charge in [0, 0.05) is 6.04 Å². The van der Waals surface area contributed by atoms with Crippen LogP contribution in [0.2, 0.25) is 0 Å². The zero-order chi connectivity index (χ0) is 15.1. The molecule has 0 saturated carbocycles. The normalized spacial score (nSPS) is 11.7. The Morgan fingerprint density at radius 3 is 2.24 bits per heavy atom. The van der Waals surface area contributed by atoms with E-state index in [0.29, 0.717) is 12.2 Å². The van der Waals surface area contributed by atoms with Crippen LogP contribution < -0.4 is 10.5 Å². The molecule has 0 radical (unpaired) electrons. The van der Waals surface area contributed by atoms with E-state index in [0.717, 1.165) is 24.2 Å². The summed E-state index contributed by atoms with van der Waals surface area (Å²) in [6, 6.07) is 17.9. The number of nitrogens with two attached hydrogens (primary N) is 1. The molecule has 2 N–H and O–H groups in total. The minimum Gasteiger partial charge on any atom is -0.489 e. The zero-order valence-electron chi connectivity index (χ0n) is 12.3. The molecule has 3 heteroatoms. The van der Waals surface area contributed by atoms with Crippen molar-refractivity contribution < 1.29 is 4.74 Å². The Balaban J connectivity index is 1.86. The first-order chi connectivity index (χ1) is 10.2. The molecule has 1 unspecified atom stereocenters. The van der Waals surface area contributed by atoms with Crippen LogP contribution in [0.5, 0.6) is 5.75 Å². The summed E-state index contributed by atoms with van der Waals surface area (Å²) >= 11 is 0. The van der Waals surface area contributed by atoms with Gasteiger partial charge in [-0.2, -0.15) is 5.26 Å². The van der Waals surface area contributed by atoms with Crippen molar-refractivity contribution in [3.63, 3.8) is 0 Å². The molecule has 3 nitrogen and oxygen atoms in total. The molecule has 0 bridgehead atoms. The van der Waals surface area contributed by atoms with E-state index in [2.05, 4.69) is 18.2 Å². The Morgan fingerprint density at radius 2 is 1.67 bits per heavy atom. The van der Waals surface area contributed by atoms with Crippen molar-refractivity contribution in [3.8, 4) is 11.8 Å². The van der Waals surface area contributed by atoms with E-state index in [4.69, 9.17) is 15.7 Å². The molecule has 108 valence electrons. The van der Waals surface area contributed by atoms with E-state index in [1.54, 1.807) is 12.1 Å². The van der Waals surface area contributed by atoms with Crippen molar-refractivity contribution in [3.05, 3.63) is 65.2 Å². The SMILES string of the molecule is CC(N)CCc1ccc(OCc2ccc(C#N)cc2)cc1. The highest BCUT2D eigenvalue weighted by Gasteiger charge is 2.00. The number of rotatable bonds is 6. The van der Waals surface area contributed by atoms with Crippen molar-refractivity contribution in [1.29, 1.82) is 5.26 Å². The summed E-state index contributed by atoms with van der Waals surface area (Å²) in [6.07, 6.45) is 1.99. The highest BCUT2D eigenvalue weighted by molar-refractivity contribution is 5.32. The maximum Gasteiger partial charge on any atom is 0.119 e. The van der Waals surface area contributed by atoms with Gasteiger partial charge in [-0.05, 0) is 55.2 Å². The summed E-state index contributed by atoms with van der Waals surface area (Å²) in [7, 11) is 0. The van der Waals surface area contributed by atoms with Gasteiger partial charge in [0.25, 0.3) is 0 Å². The van der Waals surface area contributed by atoms with Gasteiger partial charge in [0.1, 0.15) is 12.4 Å². The fourth-order valence-electron chi connectivity index (χ4n) is 1.99. The number of ether oxygens (including phenoxy) is 1. The van der Waals surface area contributed by atoms with Crippen molar-refractivity contribution in [2.75, 3.05) is 0 Å². The van der Waals surface area contributed by atoms with Crippen LogP contribution in [0.3, 0.4) is 0 Å². The Hall–Kier alpha value is -2.31. The Bertz CT molecular complexity index is 595. The lowest BCUT2D eigenvalue weighted by Gasteiger charge is -2.08. The molecule has 2 aromatic rings. The van der Waals surface area contributed by atoms with Gasteiger partial charge in [-0.3, -0.25) is 0 Å². The number of nitrogens with zero attached hydrogens (tertiary/aromatic N) is 1. The van der Waals surface area contributed by atoms with Crippen LogP contribution in [-0.2, 0) is 13.0 Å². The molecule has 0 aromatic heterocycles. The molecule has 0 spiro atoms. The third kappa shape index (κ3) is 4.94.